The van der Waals surface area contributed by atoms with E-state index >= 15 is 0 Å². The lowest BCUT2D eigenvalue weighted by Gasteiger charge is -2.17. The van der Waals surface area contributed by atoms with Crippen LogP contribution in [-0.4, -0.2) is 11.0 Å². The van der Waals surface area contributed by atoms with Crippen LogP contribution in [0, 0.1) is 22.0 Å². The molecule has 0 amide bonds. The SMILES string of the molecule is CCC#Cc1cc([N+](=O)[O-])ccc1NC(CC)CC. The van der Waals surface area contributed by atoms with Crippen molar-refractivity contribution < 1.29 is 4.92 Å². The van der Waals surface area contributed by atoms with Gasteiger partial charge < -0.3 is 5.32 Å². The summed E-state index contributed by atoms with van der Waals surface area (Å²) in [5, 5.41) is 14.2. The monoisotopic (exact) mass is 260 g/mol. The number of nitro benzene ring substituents is 1. The Morgan fingerprint density at radius 2 is 2.00 bits per heavy atom. The lowest BCUT2D eigenvalue weighted by Crippen LogP contribution is -2.17. The van der Waals surface area contributed by atoms with Crippen molar-refractivity contribution in [2.45, 2.75) is 46.1 Å². The van der Waals surface area contributed by atoms with Crippen LogP contribution in [0.15, 0.2) is 18.2 Å². The first-order valence-electron chi connectivity index (χ1n) is 6.66. The summed E-state index contributed by atoms with van der Waals surface area (Å²) in [5.74, 6) is 5.96. The van der Waals surface area contributed by atoms with Crippen molar-refractivity contribution in [3.05, 3.63) is 33.9 Å². The highest BCUT2D eigenvalue weighted by atomic mass is 16.6. The lowest BCUT2D eigenvalue weighted by molar-refractivity contribution is -0.384. The second kappa shape index (κ2) is 7.42. The minimum atomic E-state index is -0.391. The number of nitrogens with zero attached hydrogens (tertiary/aromatic N) is 1. The first kappa shape index (κ1) is 15.0. The van der Waals surface area contributed by atoms with E-state index < -0.39 is 4.92 Å². The summed E-state index contributed by atoms with van der Waals surface area (Å²) in [4.78, 5) is 10.4. The molecular weight excluding hydrogens is 240 g/mol. The number of nitro groups is 1. The minimum Gasteiger partial charge on any atom is -0.381 e. The standard InChI is InChI=1S/C15H20N2O2/c1-4-7-8-12-11-14(17(18)19)9-10-15(12)16-13(5-2)6-3/h9-11,13,16H,4-6H2,1-3H3. The van der Waals surface area contributed by atoms with Gasteiger partial charge in [0, 0.05) is 24.6 Å². The van der Waals surface area contributed by atoms with Crippen molar-refractivity contribution in [3.8, 4) is 11.8 Å². The van der Waals surface area contributed by atoms with Crippen LogP contribution in [0.2, 0.25) is 0 Å². The highest BCUT2D eigenvalue weighted by Gasteiger charge is 2.11. The molecule has 0 aromatic heterocycles. The fraction of sp³-hybridized carbons (Fsp3) is 0.467. The van der Waals surface area contributed by atoms with Gasteiger partial charge in [0.15, 0.2) is 0 Å². The molecule has 0 aliphatic heterocycles. The number of rotatable bonds is 5. The molecule has 4 heteroatoms. The van der Waals surface area contributed by atoms with Crippen LogP contribution in [0.1, 0.15) is 45.6 Å². The molecule has 102 valence electrons. The third kappa shape index (κ3) is 4.29. The maximum absolute atomic E-state index is 10.8. The van der Waals surface area contributed by atoms with Gasteiger partial charge in [0.2, 0.25) is 0 Å². The number of hydrogen-bond donors (Lipinski definition) is 1. The van der Waals surface area contributed by atoms with Crippen molar-refractivity contribution in [2.24, 2.45) is 0 Å². The molecule has 0 aliphatic carbocycles. The summed E-state index contributed by atoms with van der Waals surface area (Å²) in [6.45, 7) is 6.19. The fourth-order valence-corrected chi connectivity index (χ4v) is 1.77. The van der Waals surface area contributed by atoms with Crippen molar-refractivity contribution >= 4 is 11.4 Å². The molecule has 0 fully saturated rings. The Labute approximate surface area is 114 Å². The van der Waals surface area contributed by atoms with E-state index in [1.165, 1.54) is 12.1 Å². The average molecular weight is 260 g/mol. The minimum absolute atomic E-state index is 0.0792. The van der Waals surface area contributed by atoms with Gasteiger partial charge >= 0.3 is 0 Å². The molecule has 0 spiro atoms. The highest BCUT2D eigenvalue weighted by molar-refractivity contribution is 5.63. The molecule has 4 nitrogen and oxygen atoms in total. The number of nitrogens with one attached hydrogen (secondary N) is 1. The van der Waals surface area contributed by atoms with Gasteiger partial charge in [-0.25, -0.2) is 0 Å². The molecule has 1 N–H and O–H groups in total. The molecule has 0 saturated carbocycles. The number of anilines is 1. The zero-order valence-electron chi connectivity index (χ0n) is 11.7. The molecule has 0 atom stereocenters. The molecule has 0 radical (unpaired) electrons. The molecule has 19 heavy (non-hydrogen) atoms. The summed E-state index contributed by atoms with van der Waals surface area (Å²) in [6.07, 6.45) is 2.75. The third-order valence-electron chi connectivity index (χ3n) is 2.96. The Morgan fingerprint density at radius 1 is 1.32 bits per heavy atom. The Bertz CT molecular complexity index is 497. The molecule has 0 saturated heterocycles. The van der Waals surface area contributed by atoms with E-state index in [0.717, 1.165) is 24.9 Å². The van der Waals surface area contributed by atoms with Gasteiger partial charge in [-0.15, -0.1) is 0 Å². The first-order valence-corrected chi connectivity index (χ1v) is 6.66. The van der Waals surface area contributed by atoms with Gasteiger partial charge in [0.1, 0.15) is 0 Å². The zero-order valence-corrected chi connectivity index (χ0v) is 11.7. The molecule has 0 bridgehead atoms. The Balaban J connectivity index is 3.11. The summed E-state index contributed by atoms with van der Waals surface area (Å²) >= 11 is 0. The van der Waals surface area contributed by atoms with Crippen LogP contribution in [0.25, 0.3) is 0 Å². The van der Waals surface area contributed by atoms with E-state index in [4.69, 9.17) is 0 Å². The predicted molar refractivity (Wildman–Crippen MR) is 78.3 cm³/mol. The van der Waals surface area contributed by atoms with Crippen LogP contribution < -0.4 is 5.32 Å². The summed E-state index contributed by atoms with van der Waals surface area (Å²) in [6, 6.07) is 5.16. The van der Waals surface area contributed by atoms with E-state index in [1.807, 2.05) is 6.92 Å². The Morgan fingerprint density at radius 3 is 2.53 bits per heavy atom. The van der Waals surface area contributed by atoms with Gasteiger partial charge in [0.05, 0.1) is 16.2 Å². The molecule has 1 aromatic rings. The van der Waals surface area contributed by atoms with Crippen LogP contribution in [-0.2, 0) is 0 Å². The van der Waals surface area contributed by atoms with Crippen molar-refractivity contribution in [1.82, 2.24) is 0 Å². The quantitative estimate of drug-likeness (QED) is 0.495. The van der Waals surface area contributed by atoms with E-state index in [0.29, 0.717) is 11.6 Å². The molecule has 0 unspecified atom stereocenters. The van der Waals surface area contributed by atoms with Gasteiger partial charge in [-0.05, 0) is 18.9 Å². The maximum Gasteiger partial charge on any atom is 0.270 e. The van der Waals surface area contributed by atoms with E-state index in [1.54, 1.807) is 6.07 Å². The van der Waals surface area contributed by atoms with Gasteiger partial charge in [-0.3, -0.25) is 10.1 Å². The Kier molecular flexibility index (Phi) is 5.87. The molecule has 0 heterocycles. The van der Waals surface area contributed by atoms with Crippen LogP contribution in [0.3, 0.4) is 0 Å². The first-order chi connectivity index (χ1) is 9.12. The molecule has 1 rings (SSSR count). The lowest BCUT2D eigenvalue weighted by atomic mass is 10.1. The van der Waals surface area contributed by atoms with Crippen molar-refractivity contribution in [3.63, 3.8) is 0 Å². The largest absolute Gasteiger partial charge is 0.381 e. The molecule has 0 aliphatic rings. The number of benzene rings is 1. The molecular formula is C15H20N2O2. The van der Waals surface area contributed by atoms with E-state index in [9.17, 15) is 10.1 Å². The summed E-state index contributed by atoms with van der Waals surface area (Å²) < 4.78 is 0. The van der Waals surface area contributed by atoms with E-state index in [-0.39, 0.29) is 5.69 Å². The van der Waals surface area contributed by atoms with E-state index in [2.05, 4.69) is 31.0 Å². The van der Waals surface area contributed by atoms with Gasteiger partial charge in [-0.2, -0.15) is 0 Å². The normalized spacial score (nSPS) is 9.89. The summed E-state index contributed by atoms with van der Waals surface area (Å²) in [7, 11) is 0. The topological polar surface area (TPSA) is 55.2 Å². The highest BCUT2D eigenvalue weighted by Crippen LogP contribution is 2.23. The maximum atomic E-state index is 10.8. The third-order valence-corrected chi connectivity index (χ3v) is 2.96. The molecule has 1 aromatic carbocycles. The second-order valence-corrected chi connectivity index (χ2v) is 4.30. The van der Waals surface area contributed by atoms with Crippen LogP contribution >= 0.6 is 0 Å². The second-order valence-electron chi connectivity index (χ2n) is 4.30. The Hall–Kier alpha value is -2.02. The fourth-order valence-electron chi connectivity index (χ4n) is 1.77. The zero-order chi connectivity index (χ0) is 14.3. The number of non-ortho nitro benzene ring substituents is 1. The predicted octanol–water partition coefficient (Wildman–Crippen LogP) is 3.96. The van der Waals surface area contributed by atoms with Gasteiger partial charge in [-0.1, -0.05) is 32.6 Å². The smallest absolute Gasteiger partial charge is 0.270 e. The number of hydrogen-bond acceptors (Lipinski definition) is 3. The van der Waals surface area contributed by atoms with Crippen LogP contribution in [0.4, 0.5) is 11.4 Å². The van der Waals surface area contributed by atoms with Crippen LogP contribution in [0.5, 0.6) is 0 Å². The average Bonchev–Trinajstić information content (AvgIpc) is 2.42. The van der Waals surface area contributed by atoms with Crippen molar-refractivity contribution in [1.29, 1.82) is 0 Å². The van der Waals surface area contributed by atoms with Crippen molar-refractivity contribution in [2.75, 3.05) is 5.32 Å². The van der Waals surface area contributed by atoms with Gasteiger partial charge in [0.25, 0.3) is 5.69 Å². The summed E-state index contributed by atoms with van der Waals surface area (Å²) in [5.41, 5.74) is 1.65.